The molecule has 0 aromatic heterocycles. The van der Waals surface area contributed by atoms with Crippen molar-refractivity contribution in [3.05, 3.63) is 57.6 Å². The molecule has 0 aliphatic heterocycles. The number of rotatable bonds is 10. The van der Waals surface area contributed by atoms with Gasteiger partial charge in [-0.15, -0.1) is 0 Å². The molecule has 0 saturated heterocycles. The summed E-state index contributed by atoms with van der Waals surface area (Å²) in [6.45, 7) is 9.75. The molecule has 2 rings (SSSR count). The predicted octanol–water partition coefficient (Wildman–Crippen LogP) is 4.79. The fraction of sp³-hybridized carbons (Fsp3) is 0.440. The molecule has 7 heteroatoms. The lowest BCUT2D eigenvalue weighted by molar-refractivity contribution is -0.142. The second kappa shape index (κ2) is 11.9. The van der Waals surface area contributed by atoms with Crippen molar-refractivity contribution in [3.63, 3.8) is 0 Å². The number of halogens is 1. The summed E-state index contributed by atoms with van der Waals surface area (Å²) in [5.74, 6) is 0.863. The van der Waals surface area contributed by atoms with Crippen LogP contribution in [0.4, 0.5) is 0 Å². The second-order valence-corrected chi connectivity index (χ2v) is 8.82. The van der Waals surface area contributed by atoms with Crippen molar-refractivity contribution in [2.75, 3.05) is 13.7 Å². The summed E-state index contributed by atoms with van der Waals surface area (Å²) in [6, 6.07) is 10.6. The molecule has 0 bridgehead atoms. The van der Waals surface area contributed by atoms with Gasteiger partial charge in [0.25, 0.3) is 5.91 Å². The highest BCUT2D eigenvalue weighted by Gasteiger charge is 2.27. The van der Waals surface area contributed by atoms with E-state index < -0.39 is 6.04 Å². The SMILES string of the molecule is CC[C@H](C)NC(=O)[C@H](C)N(Cc1cccc(OC)c1)C(=O)COc1cc(C)c(Br)c(C)c1. The molecule has 0 heterocycles. The van der Waals surface area contributed by atoms with Crippen LogP contribution >= 0.6 is 15.9 Å². The molecule has 0 spiro atoms. The zero-order valence-electron chi connectivity index (χ0n) is 19.7. The number of carbonyl (C=O) groups is 2. The van der Waals surface area contributed by atoms with E-state index in [1.807, 2.05) is 64.1 Å². The van der Waals surface area contributed by atoms with Crippen LogP contribution in [0.25, 0.3) is 0 Å². The minimum absolute atomic E-state index is 0.0312. The van der Waals surface area contributed by atoms with Crippen LogP contribution in [-0.4, -0.2) is 42.5 Å². The fourth-order valence-corrected chi connectivity index (χ4v) is 3.46. The van der Waals surface area contributed by atoms with E-state index in [-0.39, 0.29) is 31.0 Å². The number of hydrogen-bond acceptors (Lipinski definition) is 4. The van der Waals surface area contributed by atoms with E-state index in [0.717, 1.165) is 27.6 Å². The Morgan fingerprint density at radius 2 is 1.75 bits per heavy atom. The molecular weight excluding hydrogens is 472 g/mol. The van der Waals surface area contributed by atoms with E-state index in [0.29, 0.717) is 11.5 Å². The van der Waals surface area contributed by atoms with Gasteiger partial charge in [0.05, 0.1) is 7.11 Å². The Hall–Kier alpha value is -2.54. The molecule has 0 fully saturated rings. The number of methoxy groups -OCH3 is 1. The highest BCUT2D eigenvalue weighted by Crippen LogP contribution is 2.26. The number of benzene rings is 2. The van der Waals surface area contributed by atoms with Gasteiger partial charge in [0.2, 0.25) is 5.91 Å². The largest absolute Gasteiger partial charge is 0.497 e. The number of ether oxygens (including phenoxy) is 2. The minimum atomic E-state index is -0.653. The summed E-state index contributed by atoms with van der Waals surface area (Å²) < 4.78 is 12.1. The van der Waals surface area contributed by atoms with Gasteiger partial charge in [0, 0.05) is 17.1 Å². The third kappa shape index (κ3) is 6.99. The van der Waals surface area contributed by atoms with E-state index in [9.17, 15) is 9.59 Å². The molecule has 2 atom stereocenters. The number of amides is 2. The average molecular weight is 505 g/mol. The molecule has 174 valence electrons. The van der Waals surface area contributed by atoms with Crippen LogP contribution in [0.15, 0.2) is 40.9 Å². The third-order valence-electron chi connectivity index (χ3n) is 5.43. The van der Waals surface area contributed by atoms with Crippen molar-refractivity contribution >= 4 is 27.7 Å². The number of nitrogens with zero attached hydrogens (tertiary/aromatic N) is 1. The Labute approximate surface area is 199 Å². The fourth-order valence-electron chi connectivity index (χ4n) is 3.23. The molecule has 32 heavy (non-hydrogen) atoms. The van der Waals surface area contributed by atoms with Crippen molar-refractivity contribution in [3.8, 4) is 11.5 Å². The Bertz CT molecular complexity index is 924. The van der Waals surface area contributed by atoms with Crippen LogP contribution in [0.5, 0.6) is 11.5 Å². The lowest BCUT2D eigenvalue weighted by Gasteiger charge is -2.29. The molecule has 2 amide bonds. The van der Waals surface area contributed by atoms with Gasteiger partial charge in [-0.25, -0.2) is 0 Å². The zero-order chi connectivity index (χ0) is 23.8. The molecule has 0 unspecified atom stereocenters. The highest BCUT2D eigenvalue weighted by atomic mass is 79.9. The van der Waals surface area contributed by atoms with Crippen LogP contribution in [-0.2, 0) is 16.1 Å². The highest BCUT2D eigenvalue weighted by molar-refractivity contribution is 9.10. The zero-order valence-corrected chi connectivity index (χ0v) is 21.3. The first kappa shape index (κ1) is 25.7. The van der Waals surface area contributed by atoms with Gasteiger partial charge in [-0.05, 0) is 75.1 Å². The summed E-state index contributed by atoms with van der Waals surface area (Å²) in [6.07, 6.45) is 0.813. The van der Waals surface area contributed by atoms with Gasteiger partial charge in [-0.2, -0.15) is 0 Å². The van der Waals surface area contributed by atoms with Crippen molar-refractivity contribution in [2.24, 2.45) is 0 Å². The molecular formula is C25H33BrN2O4. The second-order valence-electron chi connectivity index (χ2n) is 8.03. The minimum Gasteiger partial charge on any atom is -0.497 e. The molecule has 2 aromatic carbocycles. The Balaban J connectivity index is 2.21. The van der Waals surface area contributed by atoms with Crippen LogP contribution < -0.4 is 14.8 Å². The molecule has 0 saturated carbocycles. The van der Waals surface area contributed by atoms with E-state index in [1.54, 1.807) is 18.9 Å². The van der Waals surface area contributed by atoms with Crippen LogP contribution in [0.1, 0.15) is 43.9 Å². The lowest BCUT2D eigenvalue weighted by atomic mass is 10.1. The first-order valence-corrected chi connectivity index (χ1v) is 11.6. The Morgan fingerprint density at radius 1 is 1.09 bits per heavy atom. The number of carbonyl (C=O) groups excluding carboxylic acids is 2. The molecule has 0 aliphatic rings. The topological polar surface area (TPSA) is 67.9 Å². The summed E-state index contributed by atoms with van der Waals surface area (Å²) in [4.78, 5) is 27.5. The van der Waals surface area contributed by atoms with Gasteiger partial charge in [0.15, 0.2) is 6.61 Å². The molecule has 2 aromatic rings. The first-order chi connectivity index (χ1) is 15.2. The molecule has 6 nitrogen and oxygen atoms in total. The maximum atomic E-state index is 13.2. The summed E-state index contributed by atoms with van der Waals surface area (Å²) in [5, 5.41) is 2.96. The van der Waals surface area contributed by atoms with E-state index in [4.69, 9.17) is 9.47 Å². The van der Waals surface area contributed by atoms with Crippen molar-refractivity contribution in [1.29, 1.82) is 0 Å². The third-order valence-corrected chi connectivity index (χ3v) is 6.68. The number of nitrogens with one attached hydrogen (secondary N) is 1. The van der Waals surface area contributed by atoms with Crippen LogP contribution in [0.2, 0.25) is 0 Å². The van der Waals surface area contributed by atoms with E-state index in [1.165, 1.54) is 0 Å². The van der Waals surface area contributed by atoms with Crippen molar-refractivity contribution in [2.45, 2.75) is 59.7 Å². The van der Waals surface area contributed by atoms with Crippen LogP contribution in [0.3, 0.4) is 0 Å². The standard InChI is InChI=1S/C25H33BrN2O4/c1-7-18(4)27-25(30)19(5)28(14-20-9-8-10-21(13-20)31-6)23(29)15-32-22-11-16(2)24(26)17(3)12-22/h8-13,18-19H,7,14-15H2,1-6H3,(H,27,30)/t18-,19-/m0/s1. The van der Waals surface area contributed by atoms with Crippen molar-refractivity contribution < 1.29 is 19.1 Å². The van der Waals surface area contributed by atoms with Gasteiger partial charge in [-0.1, -0.05) is 35.0 Å². The quantitative estimate of drug-likeness (QED) is 0.505. The van der Waals surface area contributed by atoms with Crippen molar-refractivity contribution in [1.82, 2.24) is 10.2 Å². The Morgan fingerprint density at radius 3 is 2.34 bits per heavy atom. The normalized spacial score (nSPS) is 12.6. The Kier molecular flexibility index (Phi) is 9.57. The maximum absolute atomic E-state index is 13.2. The van der Waals surface area contributed by atoms with Gasteiger partial charge in [0.1, 0.15) is 17.5 Å². The molecule has 1 N–H and O–H groups in total. The first-order valence-electron chi connectivity index (χ1n) is 10.8. The predicted molar refractivity (Wildman–Crippen MR) is 130 cm³/mol. The van der Waals surface area contributed by atoms with E-state index >= 15 is 0 Å². The van der Waals surface area contributed by atoms with Gasteiger partial charge >= 0.3 is 0 Å². The maximum Gasteiger partial charge on any atom is 0.261 e. The lowest BCUT2D eigenvalue weighted by Crippen LogP contribution is -2.50. The summed E-state index contributed by atoms with van der Waals surface area (Å²) >= 11 is 3.54. The number of aryl methyl sites for hydroxylation is 2. The number of hydrogen-bond donors (Lipinski definition) is 1. The molecule has 0 aliphatic carbocycles. The van der Waals surface area contributed by atoms with E-state index in [2.05, 4.69) is 21.2 Å². The van der Waals surface area contributed by atoms with Gasteiger partial charge in [-0.3, -0.25) is 9.59 Å². The van der Waals surface area contributed by atoms with Gasteiger partial charge < -0.3 is 19.7 Å². The summed E-state index contributed by atoms with van der Waals surface area (Å²) in [5.41, 5.74) is 2.93. The molecule has 0 radical (unpaired) electrons. The van der Waals surface area contributed by atoms with Crippen LogP contribution in [0, 0.1) is 13.8 Å². The summed E-state index contributed by atoms with van der Waals surface area (Å²) in [7, 11) is 1.60. The average Bonchev–Trinajstić information content (AvgIpc) is 2.78. The smallest absolute Gasteiger partial charge is 0.261 e. The monoisotopic (exact) mass is 504 g/mol.